The zero-order valence-electron chi connectivity index (χ0n) is 29.2. The molecule has 0 radical (unpaired) electrons. The Morgan fingerprint density at radius 2 is 0.676 bits per heavy atom. The van der Waals surface area contributed by atoms with Gasteiger partial charge >= 0.3 is 0 Å². The average molecular weight is 525 g/mol. The van der Waals surface area contributed by atoms with Gasteiger partial charge in [-0.25, -0.2) is 0 Å². The van der Waals surface area contributed by atoms with Crippen LogP contribution in [0.1, 0.15) is 182 Å². The molecule has 0 spiro atoms. The third-order valence-corrected chi connectivity index (χ3v) is 5.89. The van der Waals surface area contributed by atoms with Crippen molar-refractivity contribution in [3.05, 3.63) is 0 Å². The van der Waals surface area contributed by atoms with Gasteiger partial charge in [-0.05, 0) is 53.8 Å². The van der Waals surface area contributed by atoms with Crippen LogP contribution in [0, 0.1) is 32.5 Å². The topological polar surface area (TPSA) is 34.1 Å². The van der Waals surface area contributed by atoms with E-state index in [9.17, 15) is 9.59 Å². The number of hydrogen-bond donors (Lipinski definition) is 0. The Labute approximate surface area is 235 Å². The Bertz CT molecular complexity index is 599. The highest BCUT2D eigenvalue weighted by molar-refractivity contribution is 5.83. The Hall–Kier alpha value is -0.660. The molecule has 0 fully saturated rings. The fourth-order valence-corrected chi connectivity index (χ4v) is 4.24. The number of carbonyl (C=O) groups is 2. The van der Waals surface area contributed by atoms with Crippen LogP contribution in [0.5, 0.6) is 0 Å². The molecule has 2 heteroatoms. The maximum absolute atomic E-state index is 11.6. The highest BCUT2D eigenvalue weighted by Crippen LogP contribution is 2.32. The Morgan fingerprint density at radius 1 is 0.378 bits per heavy atom. The van der Waals surface area contributed by atoms with Crippen LogP contribution in [0.15, 0.2) is 0 Å². The van der Waals surface area contributed by atoms with Crippen molar-refractivity contribution in [2.24, 2.45) is 32.5 Å². The highest BCUT2D eigenvalue weighted by Gasteiger charge is 2.22. The van der Waals surface area contributed by atoms with Crippen LogP contribution < -0.4 is 0 Å². The van der Waals surface area contributed by atoms with E-state index < -0.39 is 0 Å². The molecule has 0 unspecified atom stereocenters. The van der Waals surface area contributed by atoms with Crippen LogP contribution in [0.25, 0.3) is 0 Å². The molecule has 0 amide bonds. The van der Waals surface area contributed by atoms with Crippen LogP contribution in [0.3, 0.4) is 0 Å². The summed E-state index contributed by atoms with van der Waals surface area (Å²) in [5.41, 5.74) is 1.46. The average Bonchev–Trinajstić information content (AvgIpc) is 2.55. The third-order valence-electron chi connectivity index (χ3n) is 5.89. The van der Waals surface area contributed by atoms with Gasteiger partial charge in [0.25, 0.3) is 0 Å². The predicted molar refractivity (Wildman–Crippen MR) is 168 cm³/mol. The summed E-state index contributed by atoms with van der Waals surface area (Å²) in [6, 6.07) is 0. The Balaban J connectivity index is -0.000000484. The molecule has 0 N–H and O–H groups in total. The summed E-state index contributed by atoms with van der Waals surface area (Å²) in [6.07, 6.45) is 9.71. The van der Waals surface area contributed by atoms with Crippen molar-refractivity contribution in [3.63, 3.8) is 0 Å². The van der Waals surface area contributed by atoms with Gasteiger partial charge in [0.2, 0.25) is 0 Å². The first kappa shape index (κ1) is 40.8. The summed E-state index contributed by atoms with van der Waals surface area (Å²) in [7, 11) is 0. The van der Waals surface area contributed by atoms with Gasteiger partial charge in [0.05, 0.1) is 0 Å². The van der Waals surface area contributed by atoms with Crippen molar-refractivity contribution in [1.29, 1.82) is 0 Å². The molecular formula is C35H72O2. The lowest BCUT2D eigenvalue weighted by Gasteiger charge is -2.28. The first-order valence-corrected chi connectivity index (χ1v) is 15.0. The molecule has 0 aromatic heterocycles. The maximum atomic E-state index is 11.6. The quantitative estimate of drug-likeness (QED) is 0.296. The van der Waals surface area contributed by atoms with Crippen molar-refractivity contribution in [2.75, 3.05) is 0 Å². The SMILES string of the molecule is CC(C)(C)CC(C)(C)C.CC(C)(C)CCCC(=O)C(C)(C)C.CC(C)(C)CCCCCC(=O)C(C)(C)C. The number of rotatable bonds is 8. The van der Waals surface area contributed by atoms with Crippen LogP contribution >= 0.6 is 0 Å². The highest BCUT2D eigenvalue weighted by atomic mass is 16.1. The van der Waals surface area contributed by atoms with Gasteiger partial charge in [0, 0.05) is 23.7 Å². The largest absolute Gasteiger partial charge is 0.299 e. The van der Waals surface area contributed by atoms with Crippen LogP contribution in [-0.2, 0) is 9.59 Å². The zero-order valence-corrected chi connectivity index (χ0v) is 29.2. The van der Waals surface area contributed by atoms with E-state index in [1.165, 1.54) is 25.7 Å². The van der Waals surface area contributed by atoms with Crippen LogP contribution in [-0.4, -0.2) is 11.6 Å². The Kier molecular flexibility index (Phi) is 18.1. The number of hydrogen-bond acceptors (Lipinski definition) is 2. The molecule has 0 saturated carbocycles. The molecule has 0 aromatic carbocycles. The molecule has 37 heavy (non-hydrogen) atoms. The van der Waals surface area contributed by atoms with Gasteiger partial charge in [-0.1, -0.05) is 137 Å². The minimum absolute atomic E-state index is 0.149. The predicted octanol–water partition coefficient (Wildman–Crippen LogP) is 11.9. The summed E-state index contributed by atoms with van der Waals surface area (Å²) in [6.45, 7) is 39.2. The summed E-state index contributed by atoms with van der Waals surface area (Å²) >= 11 is 0. The molecule has 0 heterocycles. The molecular weight excluding hydrogens is 452 g/mol. The lowest BCUT2D eigenvalue weighted by atomic mass is 9.78. The van der Waals surface area contributed by atoms with Gasteiger partial charge in [0.1, 0.15) is 11.6 Å². The van der Waals surface area contributed by atoms with E-state index in [0.717, 1.165) is 32.1 Å². The van der Waals surface area contributed by atoms with Gasteiger partial charge in [-0.15, -0.1) is 0 Å². The molecule has 224 valence electrons. The molecule has 0 aliphatic heterocycles. The minimum atomic E-state index is -0.155. The van der Waals surface area contributed by atoms with Crippen molar-refractivity contribution < 1.29 is 9.59 Å². The fraction of sp³-hybridized carbons (Fsp3) is 0.943. The molecule has 0 bridgehead atoms. The maximum Gasteiger partial charge on any atom is 0.138 e. The van der Waals surface area contributed by atoms with Crippen molar-refractivity contribution in [2.45, 2.75) is 182 Å². The van der Waals surface area contributed by atoms with E-state index >= 15 is 0 Å². The lowest BCUT2D eigenvalue weighted by Crippen LogP contribution is -2.20. The second-order valence-corrected chi connectivity index (χ2v) is 18.2. The summed E-state index contributed by atoms with van der Waals surface area (Å²) < 4.78 is 0. The van der Waals surface area contributed by atoms with E-state index in [0.29, 0.717) is 33.2 Å². The van der Waals surface area contributed by atoms with E-state index in [1.54, 1.807) is 0 Å². The number of Topliss-reactive ketones (excluding diaryl/α,β-unsaturated/α-hetero) is 2. The standard InChI is InChI=1S/C14H28O.C12H24O.C9H20/c1-13(2,3)11-9-7-8-10-12(15)14(4,5)6;1-11(2,3)9-7-8-10(13)12(4,5)6;1-8(2,3)7-9(4,5)6/h7-11H2,1-6H3;7-9H2,1-6H3;7H2,1-6H3. The monoisotopic (exact) mass is 525 g/mol. The van der Waals surface area contributed by atoms with Crippen LogP contribution in [0.2, 0.25) is 0 Å². The fourth-order valence-electron chi connectivity index (χ4n) is 4.24. The minimum Gasteiger partial charge on any atom is -0.299 e. The number of ketones is 2. The summed E-state index contributed by atoms with van der Waals surface area (Å²) in [4.78, 5) is 23.2. The van der Waals surface area contributed by atoms with E-state index in [2.05, 4.69) is 83.1 Å². The van der Waals surface area contributed by atoms with E-state index in [-0.39, 0.29) is 10.8 Å². The van der Waals surface area contributed by atoms with Crippen molar-refractivity contribution >= 4 is 11.6 Å². The first-order valence-electron chi connectivity index (χ1n) is 15.0. The molecule has 0 atom stereocenters. The van der Waals surface area contributed by atoms with Gasteiger partial charge in [0.15, 0.2) is 0 Å². The second kappa shape index (κ2) is 16.4. The van der Waals surface area contributed by atoms with Gasteiger partial charge in [-0.2, -0.15) is 0 Å². The van der Waals surface area contributed by atoms with Gasteiger partial charge < -0.3 is 0 Å². The first-order chi connectivity index (χ1) is 16.0. The normalized spacial score (nSPS) is 13.2. The van der Waals surface area contributed by atoms with Crippen molar-refractivity contribution in [3.8, 4) is 0 Å². The molecule has 2 nitrogen and oxygen atoms in total. The van der Waals surface area contributed by atoms with E-state index in [4.69, 9.17) is 0 Å². The van der Waals surface area contributed by atoms with Gasteiger partial charge in [-0.3, -0.25) is 9.59 Å². The summed E-state index contributed by atoms with van der Waals surface area (Å²) in [5.74, 6) is 0.787. The van der Waals surface area contributed by atoms with E-state index in [1.807, 2.05) is 41.5 Å². The molecule has 0 aromatic rings. The molecule has 0 saturated heterocycles. The molecule has 0 aliphatic rings. The van der Waals surface area contributed by atoms with Crippen molar-refractivity contribution in [1.82, 2.24) is 0 Å². The molecule has 0 rings (SSSR count). The number of unbranched alkanes of at least 4 members (excludes halogenated alkanes) is 2. The number of carbonyl (C=O) groups excluding carboxylic acids is 2. The molecule has 0 aliphatic carbocycles. The zero-order chi connectivity index (χ0) is 30.5. The summed E-state index contributed by atoms with van der Waals surface area (Å²) in [5, 5.41) is 0. The lowest BCUT2D eigenvalue weighted by molar-refractivity contribution is -0.127. The smallest absolute Gasteiger partial charge is 0.138 e. The third kappa shape index (κ3) is 35.3. The van der Waals surface area contributed by atoms with Crippen LogP contribution in [0.4, 0.5) is 0 Å². The second-order valence-electron chi connectivity index (χ2n) is 18.2. The Morgan fingerprint density at radius 3 is 0.919 bits per heavy atom.